The highest BCUT2D eigenvalue weighted by Gasteiger charge is 2.21. The third-order valence-corrected chi connectivity index (χ3v) is 3.21. The molecule has 1 aromatic rings. The predicted octanol–water partition coefficient (Wildman–Crippen LogP) is 1.22. The van der Waals surface area contributed by atoms with Crippen molar-refractivity contribution < 1.29 is 9.90 Å². The van der Waals surface area contributed by atoms with Crippen molar-refractivity contribution in [3.05, 3.63) is 30.3 Å². The van der Waals surface area contributed by atoms with Gasteiger partial charge >= 0.3 is 6.03 Å². The number of nitrogens with zero attached hydrogens (tertiary/aromatic N) is 2. The van der Waals surface area contributed by atoms with Crippen molar-refractivity contribution in [2.45, 2.75) is 13.0 Å². The van der Waals surface area contributed by atoms with Gasteiger partial charge in [0.2, 0.25) is 0 Å². The number of hydrogen-bond acceptors (Lipinski definition) is 3. The van der Waals surface area contributed by atoms with Crippen LogP contribution in [0.25, 0.3) is 0 Å². The number of rotatable bonds is 3. The van der Waals surface area contributed by atoms with Crippen molar-refractivity contribution in [2.75, 3.05) is 38.0 Å². The van der Waals surface area contributed by atoms with Gasteiger partial charge in [0.15, 0.2) is 0 Å². The first kappa shape index (κ1) is 13.8. The fourth-order valence-corrected chi connectivity index (χ4v) is 2.23. The molecule has 1 atom stereocenters. The Kier molecular flexibility index (Phi) is 4.76. The third-order valence-electron chi connectivity index (χ3n) is 3.21. The zero-order valence-electron chi connectivity index (χ0n) is 11.2. The number of hydrogen-bond donors (Lipinski definition) is 2. The van der Waals surface area contributed by atoms with Gasteiger partial charge in [0.05, 0.1) is 6.10 Å². The molecular formula is C14H21N3O2. The average Bonchev–Trinajstić information content (AvgIpc) is 2.40. The summed E-state index contributed by atoms with van der Waals surface area (Å²) in [5.74, 6) is 0. The fourth-order valence-electron chi connectivity index (χ4n) is 2.23. The molecule has 2 amide bonds. The van der Waals surface area contributed by atoms with Crippen LogP contribution in [0.4, 0.5) is 10.5 Å². The zero-order chi connectivity index (χ0) is 13.7. The van der Waals surface area contributed by atoms with E-state index < -0.39 is 0 Å². The van der Waals surface area contributed by atoms with Crippen LogP contribution in [-0.2, 0) is 0 Å². The van der Waals surface area contributed by atoms with Gasteiger partial charge in [-0.15, -0.1) is 0 Å². The molecule has 0 spiro atoms. The van der Waals surface area contributed by atoms with Gasteiger partial charge in [0, 0.05) is 38.4 Å². The lowest BCUT2D eigenvalue weighted by Gasteiger charge is -2.35. The van der Waals surface area contributed by atoms with E-state index in [2.05, 4.69) is 10.2 Å². The molecule has 1 aliphatic heterocycles. The molecule has 2 N–H and O–H groups in total. The Morgan fingerprint density at radius 3 is 2.47 bits per heavy atom. The van der Waals surface area contributed by atoms with Gasteiger partial charge in [-0.1, -0.05) is 18.2 Å². The Hall–Kier alpha value is -1.59. The van der Waals surface area contributed by atoms with Crippen molar-refractivity contribution in [1.29, 1.82) is 0 Å². The topological polar surface area (TPSA) is 55.8 Å². The number of anilines is 1. The summed E-state index contributed by atoms with van der Waals surface area (Å²) in [6, 6.07) is 9.42. The number of amides is 2. The van der Waals surface area contributed by atoms with Crippen molar-refractivity contribution in [3.63, 3.8) is 0 Å². The van der Waals surface area contributed by atoms with Crippen LogP contribution < -0.4 is 5.32 Å². The number of carbonyl (C=O) groups excluding carboxylic acids is 1. The summed E-state index contributed by atoms with van der Waals surface area (Å²) in [4.78, 5) is 16.0. The highest BCUT2D eigenvalue weighted by Crippen LogP contribution is 2.09. The number of urea groups is 1. The standard InChI is InChI=1S/C14H21N3O2/c1-12(18)11-16-7-9-17(10-8-16)14(19)15-13-5-3-2-4-6-13/h2-6,12,18H,7-11H2,1H3,(H,15,19)/t12-/m1/s1. The van der Waals surface area contributed by atoms with E-state index in [4.69, 9.17) is 0 Å². The van der Waals surface area contributed by atoms with Gasteiger partial charge < -0.3 is 15.3 Å². The van der Waals surface area contributed by atoms with Gasteiger partial charge in [0.25, 0.3) is 0 Å². The molecule has 2 rings (SSSR count). The summed E-state index contributed by atoms with van der Waals surface area (Å²) >= 11 is 0. The van der Waals surface area contributed by atoms with Gasteiger partial charge in [-0.3, -0.25) is 4.90 Å². The minimum atomic E-state index is -0.315. The average molecular weight is 263 g/mol. The first-order valence-corrected chi connectivity index (χ1v) is 6.66. The Morgan fingerprint density at radius 2 is 1.89 bits per heavy atom. The van der Waals surface area contributed by atoms with Crippen molar-refractivity contribution in [3.8, 4) is 0 Å². The number of benzene rings is 1. The fraction of sp³-hybridized carbons (Fsp3) is 0.500. The van der Waals surface area contributed by atoms with Crippen LogP contribution in [0.3, 0.4) is 0 Å². The smallest absolute Gasteiger partial charge is 0.321 e. The van der Waals surface area contributed by atoms with Gasteiger partial charge in [0.1, 0.15) is 0 Å². The zero-order valence-corrected chi connectivity index (χ0v) is 11.2. The molecule has 0 radical (unpaired) electrons. The molecule has 5 heteroatoms. The predicted molar refractivity (Wildman–Crippen MR) is 75.2 cm³/mol. The molecule has 1 saturated heterocycles. The first-order chi connectivity index (χ1) is 9.15. The maximum Gasteiger partial charge on any atom is 0.321 e. The second-order valence-electron chi connectivity index (χ2n) is 4.93. The van der Waals surface area contributed by atoms with E-state index in [1.807, 2.05) is 35.2 Å². The number of para-hydroxylation sites is 1. The molecule has 19 heavy (non-hydrogen) atoms. The lowest BCUT2D eigenvalue weighted by molar-refractivity contribution is 0.0924. The highest BCUT2D eigenvalue weighted by molar-refractivity contribution is 5.89. The molecular weight excluding hydrogens is 242 g/mol. The Bertz CT molecular complexity index is 400. The SMILES string of the molecule is C[C@@H](O)CN1CCN(C(=O)Nc2ccccc2)CC1. The number of aliphatic hydroxyl groups excluding tert-OH is 1. The van der Waals surface area contributed by atoms with E-state index >= 15 is 0 Å². The van der Waals surface area contributed by atoms with Crippen LogP contribution in [0.2, 0.25) is 0 Å². The van der Waals surface area contributed by atoms with Crippen LogP contribution in [0.1, 0.15) is 6.92 Å². The van der Waals surface area contributed by atoms with E-state index in [0.717, 1.165) is 18.8 Å². The molecule has 0 bridgehead atoms. The van der Waals surface area contributed by atoms with Crippen LogP contribution in [0.15, 0.2) is 30.3 Å². The molecule has 0 saturated carbocycles. The Balaban J connectivity index is 1.79. The van der Waals surface area contributed by atoms with E-state index in [1.54, 1.807) is 6.92 Å². The van der Waals surface area contributed by atoms with Gasteiger partial charge in [-0.25, -0.2) is 4.79 Å². The van der Waals surface area contributed by atoms with Crippen LogP contribution >= 0.6 is 0 Å². The summed E-state index contributed by atoms with van der Waals surface area (Å²) < 4.78 is 0. The van der Waals surface area contributed by atoms with Crippen molar-refractivity contribution in [1.82, 2.24) is 9.80 Å². The van der Waals surface area contributed by atoms with E-state index in [1.165, 1.54) is 0 Å². The second kappa shape index (κ2) is 6.54. The maximum absolute atomic E-state index is 12.0. The second-order valence-corrected chi connectivity index (χ2v) is 4.93. The molecule has 1 aromatic carbocycles. The van der Waals surface area contributed by atoms with Crippen molar-refractivity contribution >= 4 is 11.7 Å². The van der Waals surface area contributed by atoms with Crippen LogP contribution in [-0.4, -0.2) is 59.8 Å². The molecule has 5 nitrogen and oxygen atoms in total. The number of carbonyl (C=O) groups is 1. The van der Waals surface area contributed by atoms with Gasteiger partial charge in [-0.05, 0) is 19.1 Å². The quantitative estimate of drug-likeness (QED) is 0.862. The molecule has 0 unspecified atom stereocenters. The summed E-state index contributed by atoms with van der Waals surface area (Å²) in [5.41, 5.74) is 0.818. The number of aliphatic hydroxyl groups is 1. The Labute approximate surface area is 113 Å². The molecule has 1 aliphatic rings. The molecule has 104 valence electrons. The van der Waals surface area contributed by atoms with E-state index in [9.17, 15) is 9.90 Å². The lowest BCUT2D eigenvalue weighted by Crippen LogP contribution is -2.51. The maximum atomic E-state index is 12.0. The van der Waals surface area contributed by atoms with Crippen molar-refractivity contribution in [2.24, 2.45) is 0 Å². The van der Waals surface area contributed by atoms with Crippen LogP contribution in [0.5, 0.6) is 0 Å². The summed E-state index contributed by atoms with van der Waals surface area (Å²) in [7, 11) is 0. The Morgan fingerprint density at radius 1 is 1.26 bits per heavy atom. The first-order valence-electron chi connectivity index (χ1n) is 6.66. The molecule has 1 fully saturated rings. The lowest BCUT2D eigenvalue weighted by atomic mass is 10.3. The molecule has 1 heterocycles. The summed E-state index contributed by atoms with van der Waals surface area (Å²) in [6.07, 6.45) is -0.315. The largest absolute Gasteiger partial charge is 0.392 e. The summed E-state index contributed by atoms with van der Waals surface area (Å²) in [6.45, 7) is 5.49. The normalized spacial score (nSPS) is 18.1. The monoisotopic (exact) mass is 263 g/mol. The van der Waals surface area contributed by atoms with E-state index in [0.29, 0.717) is 19.6 Å². The molecule has 0 aliphatic carbocycles. The minimum absolute atomic E-state index is 0.0529. The number of nitrogens with one attached hydrogen (secondary N) is 1. The highest BCUT2D eigenvalue weighted by atomic mass is 16.3. The van der Waals surface area contributed by atoms with Gasteiger partial charge in [-0.2, -0.15) is 0 Å². The van der Waals surface area contributed by atoms with E-state index in [-0.39, 0.29) is 12.1 Å². The number of piperazine rings is 1. The molecule has 0 aromatic heterocycles. The minimum Gasteiger partial charge on any atom is -0.392 e. The third kappa shape index (κ3) is 4.22. The number of β-amino-alcohol motifs (C(OH)–C–C–N with tert-alkyl or cyclic N) is 1. The summed E-state index contributed by atoms with van der Waals surface area (Å²) in [5, 5.41) is 12.2. The van der Waals surface area contributed by atoms with Crippen LogP contribution in [0, 0.1) is 0 Å².